The maximum absolute atomic E-state index is 12.7. The first kappa shape index (κ1) is 21.0. The number of thiazole rings is 1. The molecule has 0 saturated carbocycles. The molecule has 0 bridgehead atoms. The van der Waals surface area contributed by atoms with Crippen LogP contribution in [-0.2, 0) is 16.1 Å². The predicted octanol–water partition coefficient (Wildman–Crippen LogP) is 4.95. The average molecular weight is 433 g/mol. The van der Waals surface area contributed by atoms with Crippen LogP contribution in [0.4, 0.5) is 5.69 Å². The Morgan fingerprint density at radius 3 is 2.84 bits per heavy atom. The number of hydrogen-bond donors (Lipinski definition) is 1. The van der Waals surface area contributed by atoms with Crippen LogP contribution in [0.15, 0.2) is 47.5 Å². The number of rotatable bonds is 6. The van der Waals surface area contributed by atoms with Gasteiger partial charge in [0, 0.05) is 47.4 Å². The number of ether oxygens (including phenoxy) is 1. The van der Waals surface area contributed by atoms with Crippen molar-refractivity contribution in [2.24, 2.45) is 0 Å². The lowest BCUT2D eigenvalue weighted by Crippen LogP contribution is -2.17. The summed E-state index contributed by atoms with van der Waals surface area (Å²) < 4.78 is 7.96. The molecule has 1 fully saturated rings. The molecule has 6 nitrogen and oxygen atoms in total. The van der Waals surface area contributed by atoms with E-state index < -0.39 is 5.91 Å². The predicted molar refractivity (Wildman–Crippen MR) is 123 cm³/mol. The first-order valence-corrected chi connectivity index (χ1v) is 11.1. The third-order valence-electron chi connectivity index (χ3n) is 5.51. The number of amides is 1. The Bertz CT molecular complexity index is 1130. The molecule has 2 aromatic heterocycles. The minimum absolute atomic E-state index is 0.0707. The van der Waals surface area contributed by atoms with Gasteiger partial charge in [-0.25, -0.2) is 4.98 Å². The van der Waals surface area contributed by atoms with E-state index in [1.165, 1.54) is 0 Å². The minimum Gasteiger partial charge on any atom is -0.376 e. The molecule has 1 saturated heterocycles. The van der Waals surface area contributed by atoms with E-state index in [0.29, 0.717) is 5.69 Å². The van der Waals surface area contributed by atoms with Crippen molar-refractivity contribution in [3.05, 3.63) is 64.4 Å². The molecule has 4 rings (SSSR count). The van der Waals surface area contributed by atoms with Crippen LogP contribution in [0.3, 0.4) is 0 Å². The fourth-order valence-electron chi connectivity index (χ4n) is 3.81. The van der Waals surface area contributed by atoms with E-state index in [0.717, 1.165) is 53.5 Å². The highest BCUT2D eigenvalue weighted by Gasteiger charge is 2.19. The second-order valence-electron chi connectivity index (χ2n) is 7.61. The Kier molecular flexibility index (Phi) is 6.31. The van der Waals surface area contributed by atoms with Gasteiger partial charge in [0.25, 0.3) is 5.91 Å². The fraction of sp³-hybridized carbons (Fsp3) is 0.292. The SMILES string of the molecule is Cc1cc(/C=C(\C#N)C(=O)Nc2ccc(-c3nccs3)cc2)c(C)n1CC1CCCO1. The molecule has 1 atom stereocenters. The summed E-state index contributed by atoms with van der Waals surface area (Å²) in [6.45, 7) is 5.67. The number of nitrogens with zero attached hydrogens (tertiary/aromatic N) is 3. The van der Waals surface area contributed by atoms with Gasteiger partial charge in [0.2, 0.25) is 0 Å². The van der Waals surface area contributed by atoms with Gasteiger partial charge in [-0.2, -0.15) is 5.26 Å². The number of carbonyl (C=O) groups excluding carboxylic acids is 1. The number of benzene rings is 1. The number of nitriles is 1. The first-order chi connectivity index (χ1) is 15.0. The maximum atomic E-state index is 12.7. The molecule has 158 valence electrons. The number of nitrogens with one attached hydrogen (secondary N) is 1. The molecule has 1 aliphatic heterocycles. The second kappa shape index (κ2) is 9.29. The van der Waals surface area contributed by atoms with Gasteiger partial charge in [-0.1, -0.05) is 0 Å². The lowest BCUT2D eigenvalue weighted by molar-refractivity contribution is -0.112. The summed E-state index contributed by atoms with van der Waals surface area (Å²) in [4.78, 5) is 17.0. The molecule has 1 aromatic carbocycles. The minimum atomic E-state index is -0.423. The third kappa shape index (κ3) is 4.76. The van der Waals surface area contributed by atoms with Crippen LogP contribution >= 0.6 is 11.3 Å². The van der Waals surface area contributed by atoms with Gasteiger partial charge in [-0.15, -0.1) is 11.3 Å². The Morgan fingerprint density at radius 1 is 1.39 bits per heavy atom. The van der Waals surface area contributed by atoms with Crippen molar-refractivity contribution in [1.29, 1.82) is 5.26 Å². The lowest BCUT2D eigenvalue weighted by atomic mass is 10.1. The van der Waals surface area contributed by atoms with Gasteiger partial charge >= 0.3 is 0 Å². The Balaban J connectivity index is 1.49. The number of hydrogen-bond acceptors (Lipinski definition) is 5. The Morgan fingerprint density at radius 2 is 2.19 bits per heavy atom. The van der Waals surface area contributed by atoms with Gasteiger partial charge in [-0.05, 0) is 68.7 Å². The lowest BCUT2D eigenvalue weighted by Gasteiger charge is -2.14. The molecule has 3 heterocycles. The summed E-state index contributed by atoms with van der Waals surface area (Å²) in [7, 11) is 0. The third-order valence-corrected chi connectivity index (χ3v) is 6.33. The number of carbonyl (C=O) groups is 1. The zero-order chi connectivity index (χ0) is 21.8. The first-order valence-electron chi connectivity index (χ1n) is 10.3. The Hall–Kier alpha value is -3.21. The molecule has 1 aliphatic rings. The standard InChI is InChI=1S/C24H24N4O2S/c1-16-12-19(17(2)28(16)15-22-4-3-10-30-22)13-20(14-25)23(29)27-21-7-5-18(6-8-21)24-26-9-11-31-24/h5-9,11-13,22H,3-4,10,15H2,1-2H3,(H,27,29)/b20-13+. The van der Waals surface area contributed by atoms with Crippen molar-refractivity contribution in [2.75, 3.05) is 11.9 Å². The van der Waals surface area contributed by atoms with E-state index in [1.807, 2.05) is 55.6 Å². The van der Waals surface area contributed by atoms with Crippen molar-refractivity contribution in [3.63, 3.8) is 0 Å². The number of aromatic nitrogens is 2. The van der Waals surface area contributed by atoms with E-state index in [4.69, 9.17) is 4.74 Å². The van der Waals surface area contributed by atoms with Crippen LogP contribution < -0.4 is 5.32 Å². The highest BCUT2D eigenvalue weighted by atomic mass is 32.1. The number of anilines is 1. The fourth-order valence-corrected chi connectivity index (χ4v) is 4.46. The summed E-state index contributed by atoms with van der Waals surface area (Å²) in [5.41, 5.74) is 4.69. The van der Waals surface area contributed by atoms with Gasteiger partial charge in [0.1, 0.15) is 16.6 Å². The van der Waals surface area contributed by atoms with Crippen LogP contribution in [0.25, 0.3) is 16.6 Å². The summed E-state index contributed by atoms with van der Waals surface area (Å²) in [6, 6.07) is 11.5. The largest absolute Gasteiger partial charge is 0.376 e. The molecule has 1 amide bonds. The Labute approximate surface area is 185 Å². The average Bonchev–Trinajstić information content (AvgIpc) is 3.52. The van der Waals surface area contributed by atoms with Crippen molar-refractivity contribution >= 4 is 29.0 Å². The van der Waals surface area contributed by atoms with Gasteiger partial charge in [0.05, 0.1) is 6.10 Å². The maximum Gasteiger partial charge on any atom is 0.266 e. The zero-order valence-corrected chi connectivity index (χ0v) is 18.4. The van der Waals surface area contributed by atoms with E-state index in [-0.39, 0.29) is 11.7 Å². The monoisotopic (exact) mass is 432 g/mol. The molecule has 7 heteroatoms. The van der Waals surface area contributed by atoms with E-state index in [1.54, 1.807) is 23.6 Å². The van der Waals surface area contributed by atoms with Crippen molar-refractivity contribution < 1.29 is 9.53 Å². The quantitative estimate of drug-likeness (QED) is 0.441. The van der Waals surface area contributed by atoms with Crippen LogP contribution in [0.2, 0.25) is 0 Å². The number of aryl methyl sites for hydroxylation is 1. The zero-order valence-electron chi connectivity index (χ0n) is 17.6. The molecule has 1 N–H and O–H groups in total. The topological polar surface area (TPSA) is 79.9 Å². The summed E-state index contributed by atoms with van der Waals surface area (Å²) in [6.07, 6.45) is 5.81. The molecule has 3 aromatic rings. The van der Waals surface area contributed by atoms with Gasteiger partial charge in [-0.3, -0.25) is 4.79 Å². The van der Waals surface area contributed by atoms with Gasteiger partial charge < -0.3 is 14.6 Å². The molecular formula is C24H24N4O2S. The van der Waals surface area contributed by atoms with Crippen molar-refractivity contribution in [3.8, 4) is 16.6 Å². The van der Waals surface area contributed by atoms with Crippen LogP contribution in [0.5, 0.6) is 0 Å². The van der Waals surface area contributed by atoms with Gasteiger partial charge in [0.15, 0.2) is 0 Å². The smallest absolute Gasteiger partial charge is 0.266 e. The van der Waals surface area contributed by atoms with E-state index in [9.17, 15) is 10.1 Å². The molecule has 31 heavy (non-hydrogen) atoms. The summed E-state index contributed by atoms with van der Waals surface area (Å²) in [5.74, 6) is -0.423. The summed E-state index contributed by atoms with van der Waals surface area (Å²) in [5, 5.41) is 15.2. The van der Waals surface area contributed by atoms with Crippen molar-refractivity contribution in [2.45, 2.75) is 39.3 Å². The summed E-state index contributed by atoms with van der Waals surface area (Å²) >= 11 is 1.56. The molecule has 1 unspecified atom stereocenters. The highest BCUT2D eigenvalue weighted by Crippen LogP contribution is 2.24. The van der Waals surface area contributed by atoms with Crippen LogP contribution in [0, 0.1) is 25.2 Å². The molecule has 0 radical (unpaired) electrons. The highest BCUT2D eigenvalue weighted by molar-refractivity contribution is 7.13. The molecule has 0 spiro atoms. The van der Waals surface area contributed by atoms with E-state index in [2.05, 4.69) is 14.9 Å². The molecular weight excluding hydrogens is 408 g/mol. The second-order valence-corrected chi connectivity index (χ2v) is 8.51. The van der Waals surface area contributed by atoms with Crippen LogP contribution in [0.1, 0.15) is 29.8 Å². The molecule has 0 aliphatic carbocycles. The van der Waals surface area contributed by atoms with Crippen molar-refractivity contribution in [1.82, 2.24) is 9.55 Å². The van der Waals surface area contributed by atoms with Crippen LogP contribution in [-0.4, -0.2) is 28.2 Å². The van der Waals surface area contributed by atoms with E-state index >= 15 is 0 Å². The normalized spacial score (nSPS) is 16.3.